The summed E-state index contributed by atoms with van der Waals surface area (Å²) in [6.07, 6.45) is 0. The first-order valence-corrected chi connectivity index (χ1v) is 9.17. The van der Waals surface area contributed by atoms with Crippen LogP contribution in [-0.4, -0.2) is 43.0 Å². The Hall–Kier alpha value is -3.02. The SMILES string of the molecule is CC(=O)Nc1ccc(N2CCN(C(=O)Nc3cc(C)cc(C)c3)CC2)cc1. The summed E-state index contributed by atoms with van der Waals surface area (Å²) in [7, 11) is 0. The predicted molar refractivity (Wildman–Crippen MR) is 109 cm³/mol. The van der Waals surface area contributed by atoms with Gasteiger partial charge >= 0.3 is 6.03 Å². The Balaban J connectivity index is 1.55. The lowest BCUT2D eigenvalue weighted by Crippen LogP contribution is -2.50. The number of aryl methyl sites for hydroxylation is 2. The maximum absolute atomic E-state index is 12.5. The van der Waals surface area contributed by atoms with Gasteiger partial charge in [0.05, 0.1) is 0 Å². The average Bonchev–Trinajstić information content (AvgIpc) is 2.61. The van der Waals surface area contributed by atoms with E-state index in [1.54, 1.807) is 0 Å². The number of anilines is 3. The summed E-state index contributed by atoms with van der Waals surface area (Å²) in [6.45, 7) is 8.45. The van der Waals surface area contributed by atoms with E-state index in [0.29, 0.717) is 13.1 Å². The lowest BCUT2D eigenvalue weighted by Gasteiger charge is -2.36. The van der Waals surface area contributed by atoms with Gasteiger partial charge in [-0.2, -0.15) is 0 Å². The number of benzene rings is 2. The molecule has 1 saturated heterocycles. The molecular formula is C21H26N4O2. The first kappa shape index (κ1) is 18.8. The van der Waals surface area contributed by atoms with E-state index < -0.39 is 0 Å². The van der Waals surface area contributed by atoms with Crippen LogP contribution in [0.4, 0.5) is 21.9 Å². The van der Waals surface area contributed by atoms with Crippen LogP contribution in [0.1, 0.15) is 18.1 Å². The van der Waals surface area contributed by atoms with E-state index in [9.17, 15) is 9.59 Å². The third kappa shape index (κ3) is 5.00. The van der Waals surface area contributed by atoms with Crippen molar-refractivity contribution in [3.8, 4) is 0 Å². The predicted octanol–water partition coefficient (Wildman–Crippen LogP) is 3.62. The van der Waals surface area contributed by atoms with Crippen molar-refractivity contribution in [3.63, 3.8) is 0 Å². The van der Waals surface area contributed by atoms with Crippen LogP contribution in [0.25, 0.3) is 0 Å². The number of piperazine rings is 1. The Morgan fingerprint density at radius 2 is 1.41 bits per heavy atom. The van der Waals surface area contributed by atoms with Gasteiger partial charge < -0.3 is 20.4 Å². The molecule has 6 heteroatoms. The lowest BCUT2D eigenvalue weighted by molar-refractivity contribution is -0.114. The Kier molecular flexibility index (Phi) is 5.64. The molecule has 0 aliphatic carbocycles. The largest absolute Gasteiger partial charge is 0.368 e. The van der Waals surface area contributed by atoms with Crippen LogP contribution in [0.5, 0.6) is 0 Å². The van der Waals surface area contributed by atoms with Gasteiger partial charge in [0.25, 0.3) is 0 Å². The molecule has 2 N–H and O–H groups in total. The van der Waals surface area contributed by atoms with Gasteiger partial charge in [-0.25, -0.2) is 4.79 Å². The third-order valence-corrected chi connectivity index (χ3v) is 4.59. The second-order valence-corrected chi connectivity index (χ2v) is 7.01. The topological polar surface area (TPSA) is 64.7 Å². The van der Waals surface area contributed by atoms with E-state index >= 15 is 0 Å². The number of carbonyl (C=O) groups excluding carboxylic acids is 2. The van der Waals surface area contributed by atoms with Crippen LogP contribution >= 0.6 is 0 Å². The Bertz CT molecular complexity index is 804. The third-order valence-electron chi connectivity index (χ3n) is 4.59. The molecule has 1 aliphatic rings. The minimum Gasteiger partial charge on any atom is -0.368 e. The maximum atomic E-state index is 12.5. The van der Waals surface area contributed by atoms with E-state index in [1.165, 1.54) is 6.92 Å². The normalized spacial score (nSPS) is 14.0. The van der Waals surface area contributed by atoms with E-state index in [-0.39, 0.29) is 11.9 Å². The summed E-state index contributed by atoms with van der Waals surface area (Å²) in [4.78, 5) is 27.7. The molecule has 0 atom stereocenters. The maximum Gasteiger partial charge on any atom is 0.321 e. The van der Waals surface area contributed by atoms with Gasteiger partial charge in [-0.1, -0.05) is 6.07 Å². The van der Waals surface area contributed by atoms with Gasteiger partial charge in [-0.15, -0.1) is 0 Å². The average molecular weight is 366 g/mol. The van der Waals surface area contributed by atoms with Gasteiger partial charge in [0.15, 0.2) is 0 Å². The molecule has 0 saturated carbocycles. The number of nitrogens with one attached hydrogen (secondary N) is 2. The van der Waals surface area contributed by atoms with Gasteiger partial charge in [0.1, 0.15) is 0 Å². The van der Waals surface area contributed by atoms with E-state index in [4.69, 9.17) is 0 Å². The molecule has 3 amide bonds. The van der Waals surface area contributed by atoms with Crippen molar-refractivity contribution in [2.45, 2.75) is 20.8 Å². The van der Waals surface area contributed by atoms with Crippen molar-refractivity contribution in [3.05, 3.63) is 53.6 Å². The van der Waals surface area contributed by atoms with Crippen LogP contribution in [0.2, 0.25) is 0 Å². The van der Waals surface area contributed by atoms with Crippen molar-refractivity contribution in [1.82, 2.24) is 4.90 Å². The van der Waals surface area contributed by atoms with Crippen LogP contribution in [0.3, 0.4) is 0 Å². The molecule has 142 valence electrons. The quantitative estimate of drug-likeness (QED) is 0.872. The monoisotopic (exact) mass is 366 g/mol. The van der Waals surface area contributed by atoms with Crippen LogP contribution in [-0.2, 0) is 4.79 Å². The standard InChI is InChI=1S/C21H26N4O2/c1-15-12-16(2)14-19(13-15)23-21(27)25-10-8-24(9-11-25)20-6-4-18(5-7-20)22-17(3)26/h4-7,12-14H,8-11H2,1-3H3,(H,22,26)(H,23,27). The molecule has 0 aromatic heterocycles. The number of urea groups is 1. The first-order chi connectivity index (χ1) is 12.9. The summed E-state index contributed by atoms with van der Waals surface area (Å²) in [6, 6.07) is 13.8. The first-order valence-electron chi connectivity index (χ1n) is 9.17. The smallest absolute Gasteiger partial charge is 0.321 e. The summed E-state index contributed by atoms with van der Waals surface area (Å²) in [5, 5.41) is 5.77. The number of hydrogen-bond acceptors (Lipinski definition) is 3. The van der Waals surface area contributed by atoms with Gasteiger partial charge in [-0.3, -0.25) is 4.79 Å². The molecule has 2 aromatic rings. The van der Waals surface area contributed by atoms with E-state index in [0.717, 1.165) is 41.3 Å². The number of rotatable bonds is 3. The van der Waals surface area contributed by atoms with Crippen molar-refractivity contribution in [1.29, 1.82) is 0 Å². The molecule has 2 aromatic carbocycles. The highest BCUT2D eigenvalue weighted by molar-refractivity contribution is 5.90. The molecule has 27 heavy (non-hydrogen) atoms. The Labute approximate surface area is 160 Å². The summed E-state index contributed by atoms with van der Waals surface area (Å²) >= 11 is 0. The Morgan fingerprint density at radius 1 is 0.815 bits per heavy atom. The molecule has 6 nitrogen and oxygen atoms in total. The fourth-order valence-electron chi connectivity index (χ4n) is 3.38. The molecule has 1 heterocycles. The van der Waals surface area contributed by atoms with Gasteiger partial charge in [0, 0.05) is 50.2 Å². The van der Waals surface area contributed by atoms with Crippen molar-refractivity contribution in [2.24, 2.45) is 0 Å². The second-order valence-electron chi connectivity index (χ2n) is 7.01. The minimum atomic E-state index is -0.0776. The molecule has 1 fully saturated rings. The van der Waals surface area contributed by atoms with E-state index in [2.05, 4.69) is 21.6 Å². The Morgan fingerprint density at radius 3 is 1.96 bits per heavy atom. The van der Waals surface area contributed by atoms with Crippen molar-refractivity contribution < 1.29 is 9.59 Å². The summed E-state index contributed by atoms with van der Waals surface area (Å²) in [5.41, 5.74) is 5.00. The van der Waals surface area contributed by atoms with Crippen LogP contribution in [0, 0.1) is 13.8 Å². The van der Waals surface area contributed by atoms with Crippen molar-refractivity contribution >= 4 is 29.0 Å². The second kappa shape index (κ2) is 8.12. The highest BCUT2D eigenvalue weighted by Crippen LogP contribution is 2.20. The molecule has 1 aliphatic heterocycles. The van der Waals surface area contributed by atoms with Gasteiger partial charge in [-0.05, 0) is 61.4 Å². The summed E-state index contributed by atoms with van der Waals surface area (Å²) in [5.74, 6) is -0.0776. The number of hydrogen-bond donors (Lipinski definition) is 2. The number of amides is 3. The van der Waals surface area contributed by atoms with Crippen LogP contribution < -0.4 is 15.5 Å². The highest BCUT2D eigenvalue weighted by atomic mass is 16.2. The van der Waals surface area contributed by atoms with E-state index in [1.807, 2.05) is 55.1 Å². The highest BCUT2D eigenvalue weighted by Gasteiger charge is 2.21. The zero-order chi connectivity index (χ0) is 19.4. The zero-order valence-electron chi connectivity index (χ0n) is 16.1. The zero-order valence-corrected chi connectivity index (χ0v) is 16.1. The lowest BCUT2D eigenvalue weighted by atomic mass is 10.1. The van der Waals surface area contributed by atoms with Crippen molar-refractivity contribution in [2.75, 3.05) is 41.7 Å². The van der Waals surface area contributed by atoms with Crippen LogP contribution in [0.15, 0.2) is 42.5 Å². The minimum absolute atomic E-state index is 0.0549. The number of nitrogens with zero attached hydrogens (tertiary/aromatic N) is 2. The molecule has 0 spiro atoms. The molecule has 0 unspecified atom stereocenters. The molecule has 3 rings (SSSR count). The van der Waals surface area contributed by atoms with Gasteiger partial charge in [0.2, 0.25) is 5.91 Å². The molecule has 0 radical (unpaired) electrons. The fraction of sp³-hybridized carbons (Fsp3) is 0.333. The fourth-order valence-corrected chi connectivity index (χ4v) is 3.38. The summed E-state index contributed by atoms with van der Waals surface area (Å²) < 4.78 is 0. The molecular weight excluding hydrogens is 340 g/mol. The molecule has 0 bridgehead atoms. The number of carbonyl (C=O) groups is 2.